The summed E-state index contributed by atoms with van der Waals surface area (Å²) < 4.78 is 27.3. The molecule has 0 aliphatic heterocycles. The lowest BCUT2D eigenvalue weighted by Gasteiger charge is -2.30. The van der Waals surface area contributed by atoms with Gasteiger partial charge in [0.2, 0.25) is 10.0 Å². The highest BCUT2D eigenvalue weighted by Gasteiger charge is 2.30. The minimum absolute atomic E-state index is 0.0252. The Morgan fingerprint density at radius 2 is 1.77 bits per heavy atom. The molecule has 7 nitrogen and oxygen atoms in total. The van der Waals surface area contributed by atoms with Crippen LogP contribution < -0.4 is 0 Å². The molecule has 1 atom stereocenters. The molecular weight excluding hydrogens is 356 g/mol. The van der Waals surface area contributed by atoms with Crippen LogP contribution in [0.2, 0.25) is 0 Å². The Labute approximate surface area is 154 Å². The zero-order chi connectivity index (χ0) is 19.5. The fourth-order valence-electron chi connectivity index (χ4n) is 3.14. The quantitative estimate of drug-likeness (QED) is 0.814. The minimum atomic E-state index is -3.71. The van der Waals surface area contributed by atoms with E-state index in [0.29, 0.717) is 0 Å². The molecule has 1 N–H and O–H groups in total. The van der Waals surface area contributed by atoms with Crippen LogP contribution in [0.1, 0.15) is 49.4 Å². The zero-order valence-corrected chi connectivity index (χ0v) is 16.2. The monoisotopic (exact) mass is 382 g/mol. The molecule has 0 bridgehead atoms. The standard InChI is InChI=1S/C18H26N2O5S/c1-13(18(22)23)19(2)17(21)14-8-7-11-16(12-14)26(24,25)20(3)15-9-5-4-6-10-15/h7-8,11-13,15H,4-6,9-10H2,1-3H3,(H,22,23). The van der Waals surface area contributed by atoms with Crippen molar-refractivity contribution in [3.63, 3.8) is 0 Å². The van der Waals surface area contributed by atoms with Crippen LogP contribution in [0.25, 0.3) is 0 Å². The summed E-state index contributed by atoms with van der Waals surface area (Å²) in [6, 6.07) is 4.76. The van der Waals surface area contributed by atoms with Gasteiger partial charge in [-0.25, -0.2) is 13.2 Å². The Balaban J connectivity index is 2.27. The predicted octanol–water partition coefficient (Wildman–Crippen LogP) is 2.18. The Bertz CT molecular complexity index is 772. The predicted molar refractivity (Wildman–Crippen MR) is 97.5 cm³/mol. The molecule has 1 fully saturated rings. The summed E-state index contributed by atoms with van der Waals surface area (Å²) in [7, 11) is -0.743. The lowest BCUT2D eigenvalue weighted by Crippen LogP contribution is -2.40. The Morgan fingerprint density at radius 3 is 2.35 bits per heavy atom. The molecular formula is C18H26N2O5S. The zero-order valence-electron chi connectivity index (χ0n) is 15.4. The van der Waals surface area contributed by atoms with Crippen molar-refractivity contribution >= 4 is 21.9 Å². The molecule has 0 heterocycles. The summed E-state index contributed by atoms with van der Waals surface area (Å²) in [6.07, 6.45) is 4.84. The van der Waals surface area contributed by atoms with Crippen molar-refractivity contribution in [3.8, 4) is 0 Å². The normalized spacial score (nSPS) is 17.1. The summed E-state index contributed by atoms with van der Waals surface area (Å²) in [5.41, 5.74) is 0.152. The molecule has 2 rings (SSSR count). The van der Waals surface area contributed by atoms with Crippen LogP contribution in [-0.4, -0.2) is 60.8 Å². The van der Waals surface area contributed by atoms with Crippen molar-refractivity contribution in [1.29, 1.82) is 0 Å². The van der Waals surface area contributed by atoms with Gasteiger partial charge in [-0.2, -0.15) is 4.31 Å². The van der Waals surface area contributed by atoms with Gasteiger partial charge in [0.05, 0.1) is 4.90 Å². The second kappa shape index (κ2) is 8.18. The molecule has 1 aromatic carbocycles. The number of benzene rings is 1. The Morgan fingerprint density at radius 1 is 1.15 bits per heavy atom. The third-order valence-corrected chi connectivity index (χ3v) is 7.01. The van der Waals surface area contributed by atoms with Gasteiger partial charge >= 0.3 is 5.97 Å². The fourth-order valence-corrected chi connectivity index (χ4v) is 4.60. The molecule has 1 unspecified atom stereocenters. The van der Waals surface area contributed by atoms with E-state index < -0.39 is 27.9 Å². The van der Waals surface area contributed by atoms with E-state index in [0.717, 1.165) is 37.0 Å². The van der Waals surface area contributed by atoms with Gasteiger partial charge in [-0.05, 0) is 38.0 Å². The number of amides is 1. The third kappa shape index (κ3) is 4.24. The van der Waals surface area contributed by atoms with Crippen LogP contribution in [0.15, 0.2) is 29.2 Å². The number of nitrogens with zero attached hydrogens (tertiary/aromatic N) is 2. The smallest absolute Gasteiger partial charge is 0.326 e. The maximum atomic E-state index is 12.9. The maximum Gasteiger partial charge on any atom is 0.326 e. The van der Waals surface area contributed by atoms with Crippen LogP contribution in [0.4, 0.5) is 0 Å². The van der Waals surface area contributed by atoms with Crippen molar-refractivity contribution in [3.05, 3.63) is 29.8 Å². The topological polar surface area (TPSA) is 95.0 Å². The van der Waals surface area contributed by atoms with Gasteiger partial charge in [0.1, 0.15) is 6.04 Å². The lowest BCUT2D eigenvalue weighted by molar-refractivity contribution is -0.141. The first kappa shape index (κ1) is 20.4. The van der Waals surface area contributed by atoms with E-state index in [1.807, 2.05) is 0 Å². The van der Waals surface area contributed by atoms with E-state index in [9.17, 15) is 18.0 Å². The first-order valence-corrected chi connectivity index (χ1v) is 10.2. The molecule has 1 aliphatic rings. The molecule has 1 amide bonds. The number of carboxylic acid groups (broad SMARTS) is 1. The van der Waals surface area contributed by atoms with Crippen LogP contribution in [0.5, 0.6) is 0 Å². The number of hydrogen-bond donors (Lipinski definition) is 1. The van der Waals surface area contributed by atoms with E-state index in [-0.39, 0.29) is 16.5 Å². The average Bonchev–Trinajstić information content (AvgIpc) is 2.66. The van der Waals surface area contributed by atoms with Crippen LogP contribution >= 0.6 is 0 Å². The van der Waals surface area contributed by atoms with E-state index in [2.05, 4.69) is 0 Å². The summed E-state index contributed by atoms with van der Waals surface area (Å²) in [5, 5.41) is 9.05. The highest BCUT2D eigenvalue weighted by atomic mass is 32.2. The van der Waals surface area contributed by atoms with E-state index in [1.165, 1.54) is 42.5 Å². The largest absolute Gasteiger partial charge is 0.480 e. The average molecular weight is 382 g/mol. The molecule has 26 heavy (non-hydrogen) atoms. The minimum Gasteiger partial charge on any atom is -0.480 e. The third-order valence-electron chi connectivity index (χ3n) is 5.11. The first-order chi connectivity index (χ1) is 12.2. The summed E-state index contributed by atoms with van der Waals surface area (Å²) in [4.78, 5) is 24.7. The van der Waals surface area contributed by atoms with Gasteiger partial charge in [0.15, 0.2) is 0 Å². The van der Waals surface area contributed by atoms with Gasteiger partial charge in [-0.1, -0.05) is 25.3 Å². The van der Waals surface area contributed by atoms with E-state index >= 15 is 0 Å². The van der Waals surface area contributed by atoms with Crippen LogP contribution in [-0.2, 0) is 14.8 Å². The Hall–Kier alpha value is -1.93. The number of aliphatic carboxylic acids is 1. The van der Waals surface area contributed by atoms with Crippen LogP contribution in [0.3, 0.4) is 0 Å². The fraction of sp³-hybridized carbons (Fsp3) is 0.556. The van der Waals surface area contributed by atoms with E-state index in [4.69, 9.17) is 5.11 Å². The number of hydrogen-bond acceptors (Lipinski definition) is 4. The number of carboxylic acids is 1. The molecule has 0 aromatic heterocycles. The molecule has 0 spiro atoms. The lowest BCUT2D eigenvalue weighted by atomic mass is 9.96. The van der Waals surface area contributed by atoms with Gasteiger partial charge in [0.25, 0.3) is 5.91 Å². The SMILES string of the molecule is CC(C(=O)O)N(C)C(=O)c1cccc(S(=O)(=O)N(C)C2CCCCC2)c1. The van der Waals surface area contributed by atoms with Gasteiger partial charge in [0, 0.05) is 25.7 Å². The van der Waals surface area contributed by atoms with E-state index in [1.54, 1.807) is 7.05 Å². The second-order valence-electron chi connectivity index (χ2n) is 6.77. The highest BCUT2D eigenvalue weighted by Crippen LogP contribution is 2.27. The molecule has 144 valence electrons. The molecule has 0 radical (unpaired) electrons. The summed E-state index contributed by atoms with van der Waals surface area (Å²) in [6.45, 7) is 1.40. The molecule has 1 saturated carbocycles. The summed E-state index contributed by atoms with van der Waals surface area (Å²) in [5.74, 6) is -1.65. The number of rotatable bonds is 6. The van der Waals surface area contributed by atoms with Crippen molar-refractivity contribution in [2.24, 2.45) is 0 Å². The molecule has 0 saturated heterocycles. The maximum absolute atomic E-state index is 12.9. The first-order valence-electron chi connectivity index (χ1n) is 8.74. The second-order valence-corrected chi connectivity index (χ2v) is 8.77. The van der Waals surface area contributed by atoms with Gasteiger partial charge < -0.3 is 10.0 Å². The highest BCUT2D eigenvalue weighted by molar-refractivity contribution is 7.89. The summed E-state index contributed by atoms with van der Waals surface area (Å²) >= 11 is 0. The van der Waals surface area contributed by atoms with Crippen molar-refractivity contribution in [2.75, 3.05) is 14.1 Å². The van der Waals surface area contributed by atoms with Gasteiger partial charge in [-0.15, -0.1) is 0 Å². The van der Waals surface area contributed by atoms with Crippen molar-refractivity contribution < 1.29 is 23.1 Å². The van der Waals surface area contributed by atoms with Crippen LogP contribution in [0, 0.1) is 0 Å². The number of carbonyl (C=O) groups excluding carboxylic acids is 1. The Kier molecular flexibility index (Phi) is 6.41. The number of carbonyl (C=O) groups is 2. The number of sulfonamides is 1. The van der Waals surface area contributed by atoms with Gasteiger partial charge in [-0.3, -0.25) is 4.79 Å². The van der Waals surface area contributed by atoms with Crippen molar-refractivity contribution in [1.82, 2.24) is 9.21 Å². The molecule has 1 aliphatic carbocycles. The molecule has 1 aromatic rings. The molecule has 8 heteroatoms. The number of likely N-dealkylation sites (N-methyl/N-ethyl adjacent to an activating group) is 1. The van der Waals surface area contributed by atoms with Crippen molar-refractivity contribution in [2.45, 2.75) is 56.0 Å².